The van der Waals surface area contributed by atoms with Crippen LogP contribution in [0.2, 0.25) is 5.15 Å². The molecular weight excluding hydrogens is 312 g/mol. The maximum atomic E-state index is 12.3. The average Bonchev–Trinajstić information content (AvgIpc) is 3.05. The molecule has 1 aromatic heterocycles. The molecule has 2 fully saturated rings. The fourth-order valence-electron chi connectivity index (χ4n) is 3.02. The van der Waals surface area contributed by atoms with Crippen LogP contribution >= 0.6 is 11.6 Å². The molecule has 1 aromatic rings. The quantitative estimate of drug-likeness (QED) is 0.838. The van der Waals surface area contributed by atoms with Gasteiger partial charge in [-0.3, -0.25) is 14.7 Å². The molecule has 9 heteroatoms. The summed E-state index contributed by atoms with van der Waals surface area (Å²) in [7, 11) is 0. The first-order chi connectivity index (χ1) is 10.6. The van der Waals surface area contributed by atoms with Gasteiger partial charge in [-0.25, -0.2) is 9.78 Å². The number of aromatic nitrogens is 2. The van der Waals surface area contributed by atoms with Crippen molar-refractivity contribution in [3.05, 3.63) is 23.2 Å². The molecule has 0 aliphatic carbocycles. The number of halogens is 1. The molecular formula is C13H15ClN4O4. The minimum atomic E-state index is -1.10. The number of nitrogens with zero attached hydrogens (tertiary/aromatic N) is 3. The predicted octanol–water partition coefficient (Wildman–Crippen LogP) is 0.513. The van der Waals surface area contributed by atoms with Gasteiger partial charge in [0.2, 0.25) is 5.91 Å². The van der Waals surface area contributed by atoms with E-state index in [0.717, 1.165) is 0 Å². The standard InChI is InChI=1S/C13H15ClN4O4/c14-11-8(15-1-2-16-11)4-17-12(19)9-3-7-5-22-6-10(7)18(9)13(20)21/h1-2,7,9-10H,3-6H2,(H,17,19)(H,20,21)/t7-,9-,10+/m0/s1. The summed E-state index contributed by atoms with van der Waals surface area (Å²) in [5, 5.41) is 12.3. The van der Waals surface area contributed by atoms with E-state index >= 15 is 0 Å². The summed E-state index contributed by atoms with van der Waals surface area (Å²) in [6.45, 7) is 0.951. The van der Waals surface area contributed by atoms with Crippen molar-refractivity contribution in [1.29, 1.82) is 0 Å². The molecule has 2 aliphatic heterocycles. The molecule has 3 heterocycles. The van der Waals surface area contributed by atoms with Gasteiger partial charge in [0.05, 0.1) is 31.5 Å². The predicted molar refractivity (Wildman–Crippen MR) is 75.3 cm³/mol. The second-order valence-electron chi connectivity index (χ2n) is 5.32. The van der Waals surface area contributed by atoms with Crippen molar-refractivity contribution in [2.45, 2.75) is 25.0 Å². The number of fused-ring (bicyclic) bond motifs is 1. The molecule has 118 valence electrons. The number of hydrogen-bond donors (Lipinski definition) is 2. The number of ether oxygens (including phenoxy) is 1. The Morgan fingerprint density at radius 2 is 2.18 bits per heavy atom. The van der Waals surface area contributed by atoms with Crippen LogP contribution in [0.3, 0.4) is 0 Å². The molecule has 0 radical (unpaired) electrons. The van der Waals surface area contributed by atoms with Crippen molar-refractivity contribution in [3.8, 4) is 0 Å². The highest BCUT2D eigenvalue weighted by atomic mass is 35.5. The van der Waals surface area contributed by atoms with E-state index in [-0.39, 0.29) is 29.6 Å². The SMILES string of the molecule is O=C(NCc1nccnc1Cl)[C@@H]1C[C@H]2COC[C@H]2N1C(=O)O. The van der Waals surface area contributed by atoms with Crippen LogP contribution in [0.4, 0.5) is 4.79 Å². The number of amides is 2. The first-order valence-corrected chi connectivity index (χ1v) is 7.28. The third kappa shape index (κ3) is 2.71. The van der Waals surface area contributed by atoms with E-state index in [9.17, 15) is 14.7 Å². The zero-order chi connectivity index (χ0) is 15.7. The Bertz CT molecular complexity index is 599. The summed E-state index contributed by atoms with van der Waals surface area (Å²) < 4.78 is 5.29. The van der Waals surface area contributed by atoms with Gasteiger partial charge in [0.25, 0.3) is 0 Å². The van der Waals surface area contributed by atoms with Crippen molar-refractivity contribution >= 4 is 23.6 Å². The summed E-state index contributed by atoms with van der Waals surface area (Å²) in [5.74, 6) is -0.273. The summed E-state index contributed by atoms with van der Waals surface area (Å²) >= 11 is 5.88. The fourth-order valence-corrected chi connectivity index (χ4v) is 3.19. The number of carbonyl (C=O) groups is 2. The minimum Gasteiger partial charge on any atom is -0.465 e. The zero-order valence-corrected chi connectivity index (χ0v) is 12.4. The van der Waals surface area contributed by atoms with Crippen LogP contribution in [-0.2, 0) is 16.1 Å². The maximum Gasteiger partial charge on any atom is 0.408 e. The normalized spacial score (nSPS) is 26.8. The van der Waals surface area contributed by atoms with Gasteiger partial charge in [-0.05, 0) is 6.42 Å². The Morgan fingerprint density at radius 3 is 2.91 bits per heavy atom. The number of nitrogens with one attached hydrogen (secondary N) is 1. The highest BCUT2D eigenvalue weighted by molar-refractivity contribution is 6.29. The second-order valence-corrected chi connectivity index (χ2v) is 5.68. The molecule has 22 heavy (non-hydrogen) atoms. The van der Waals surface area contributed by atoms with Crippen molar-refractivity contribution in [3.63, 3.8) is 0 Å². The van der Waals surface area contributed by atoms with Gasteiger partial charge < -0.3 is 15.2 Å². The van der Waals surface area contributed by atoms with Gasteiger partial charge >= 0.3 is 6.09 Å². The number of rotatable bonds is 3. The summed E-state index contributed by atoms with van der Waals surface area (Å²) in [5.41, 5.74) is 0.445. The van der Waals surface area contributed by atoms with E-state index in [4.69, 9.17) is 16.3 Å². The van der Waals surface area contributed by atoms with Gasteiger partial charge in [0, 0.05) is 18.3 Å². The van der Waals surface area contributed by atoms with Gasteiger partial charge in [-0.2, -0.15) is 0 Å². The third-order valence-corrected chi connectivity index (χ3v) is 4.38. The number of carboxylic acid groups (broad SMARTS) is 1. The molecule has 0 bridgehead atoms. The second kappa shape index (κ2) is 6.05. The summed E-state index contributed by atoms with van der Waals surface area (Å²) in [6.07, 6.45) is 2.30. The molecule has 8 nitrogen and oxygen atoms in total. The fraction of sp³-hybridized carbons (Fsp3) is 0.538. The van der Waals surface area contributed by atoms with Crippen LogP contribution in [0, 0.1) is 5.92 Å². The minimum absolute atomic E-state index is 0.0759. The Labute approximate surface area is 131 Å². The van der Waals surface area contributed by atoms with Crippen molar-refractivity contribution in [1.82, 2.24) is 20.2 Å². The number of likely N-dealkylation sites (tertiary alicyclic amines) is 1. The lowest BCUT2D eigenvalue weighted by atomic mass is 10.0. The molecule has 2 amide bonds. The topological polar surface area (TPSA) is 105 Å². The smallest absolute Gasteiger partial charge is 0.408 e. The number of carbonyl (C=O) groups excluding carboxylic acids is 1. The Morgan fingerprint density at radius 1 is 1.41 bits per heavy atom. The largest absolute Gasteiger partial charge is 0.465 e. The Balaban J connectivity index is 1.67. The van der Waals surface area contributed by atoms with Crippen molar-refractivity contribution in [2.24, 2.45) is 5.92 Å². The van der Waals surface area contributed by atoms with Gasteiger partial charge in [0.15, 0.2) is 5.15 Å². The highest BCUT2D eigenvalue weighted by Gasteiger charge is 2.49. The molecule has 3 rings (SSSR count). The molecule has 0 spiro atoms. The van der Waals surface area contributed by atoms with Crippen LogP contribution in [0.1, 0.15) is 12.1 Å². The lowest BCUT2D eigenvalue weighted by Gasteiger charge is -2.25. The molecule has 0 aromatic carbocycles. The summed E-state index contributed by atoms with van der Waals surface area (Å²) in [4.78, 5) is 32.9. The molecule has 0 unspecified atom stereocenters. The van der Waals surface area contributed by atoms with E-state index < -0.39 is 12.1 Å². The maximum absolute atomic E-state index is 12.3. The van der Waals surface area contributed by atoms with E-state index in [2.05, 4.69) is 15.3 Å². The van der Waals surface area contributed by atoms with Crippen LogP contribution in [0.5, 0.6) is 0 Å². The van der Waals surface area contributed by atoms with Crippen LogP contribution in [0.25, 0.3) is 0 Å². The number of hydrogen-bond acceptors (Lipinski definition) is 5. The van der Waals surface area contributed by atoms with E-state index in [0.29, 0.717) is 25.3 Å². The molecule has 2 N–H and O–H groups in total. The van der Waals surface area contributed by atoms with E-state index in [1.54, 1.807) is 0 Å². The van der Waals surface area contributed by atoms with Crippen LogP contribution < -0.4 is 5.32 Å². The van der Waals surface area contributed by atoms with Gasteiger partial charge in [-0.1, -0.05) is 11.6 Å². The van der Waals surface area contributed by atoms with Crippen molar-refractivity contribution in [2.75, 3.05) is 13.2 Å². The first kappa shape index (κ1) is 15.0. The first-order valence-electron chi connectivity index (χ1n) is 6.90. The Hall–Kier alpha value is -1.93. The molecule has 0 saturated carbocycles. The molecule has 2 aliphatic rings. The monoisotopic (exact) mass is 326 g/mol. The highest BCUT2D eigenvalue weighted by Crippen LogP contribution is 2.34. The Kier molecular flexibility index (Phi) is 4.12. The summed E-state index contributed by atoms with van der Waals surface area (Å²) in [6, 6.07) is -0.944. The molecule has 3 atom stereocenters. The lowest BCUT2D eigenvalue weighted by molar-refractivity contribution is -0.125. The lowest BCUT2D eigenvalue weighted by Crippen LogP contribution is -2.49. The van der Waals surface area contributed by atoms with Gasteiger partial charge in [-0.15, -0.1) is 0 Å². The third-order valence-electron chi connectivity index (χ3n) is 4.06. The van der Waals surface area contributed by atoms with Gasteiger partial charge in [0.1, 0.15) is 6.04 Å². The van der Waals surface area contributed by atoms with Crippen LogP contribution in [0.15, 0.2) is 12.4 Å². The van der Waals surface area contributed by atoms with E-state index in [1.807, 2.05) is 0 Å². The zero-order valence-electron chi connectivity index (χ0n) is 11.6. The molecule has 2 saturated heterocycles. The van der Waals surface area contributed by atoms with Crippen LogP contribution in [-0.4, -0.2) is 57.3 Å². The van der Waals surface area contributed by atoms with E-state index in [1.165, 1.54) is 17.3 Å². The van der Waals surface area contributed by atoms with Crippen molar-refractivity contribution < 1.29 is 19.4 Å². The average molecular weight is 327 g/mol.